The molecule has 1 aliphatic rings. The van der Waals surface area contributed by atoms with Crippen LogP contribution in [0.5, 0.6) is 0 Å². The van der Waals surface area contributed by atoms with Crippen molar-refractivity contribution in [2.24, 2.45) is 5.73 Å². The summed E-state index contributed by atoms with van der Waals surface area (Å²) in [5.41, 5.74) is 8.92. The smallest absolute Gasteiger partial charge is 0.344 e. The second-order valence-corrected chi connectivity index (χ2v) is 7.37. The number of nitrogens with one attached hydrogen (secondary N) is 1. The minimum atomic E-state index is -0.494. The van der Waals surface area contributed by atoms with Crippen molar-refractivity contribution in [1.82, 2.24) is 10.2 Å². The van der Waals surface area contributed by atoms with Crippen molar-refractivity contribution >= 4 is 28.9 Å². The van der Waals surface area contributed by atoms with Gasteiger partial charge >= 0.3 is 5.97 Å². The van der Waals surface area contributed by atoms with Crippen LogP contribution in [-0.2, 0) is 16.1 Å². The molecule has 2 aromatic carbocycles. The van der Waals surface area contributed by atoms with E-state index in [0.29, 0.717) is 30.4 Å². The number of thiocarbonyl (C=S) groups is 1. The van der Waals surface area contributed by atoms with Gasteiger partial charge in [-0.05, 0) is 24.6 Å². The molecular formula is C23H28N4O2S. The number of ether oxygens (including phenoxy) is 1. The van der Waals surface area contributed by atoms with Gasteiger partial charge in [-0.15, -0.1) is 0 Å². The van der Waals surface area contributed by atoms with Crippen LogP contribution in [0.15, 0.2) is 72.1 Å². The molecule has 0 radical (unpaired) electrons. The van der Waals surface area contributed by atoms with E-state index < -0.39 is 5.97 Å². The van der Waals surface area contributed by atoms with E-state index in [4.69, 9.17) is 22.7 Å². The van der Waals surface area contributed by atoms with E-state index in [0.717, 1.165) is 18.7 Å². The molecule has 6 nitrogen and oxygen atoms in total. The fourth-order valence-corrected chi connectivity index (χ4v) is 3.65. The Morgan fingerprint density at radius 2 is 1.63 bits per heavy atom. The topological polar surface area (TPSA) is 70.8 Å². The zero-order chi connectivity index (χ0) is 21.3. The first-order valence-corrected chi connectivity index (χ1v) is 10.5. The van der Waals surface area contributed by atoms with Crippen LogP contribution in [0, 0.1) is 0 Å². The second kappa shape index (κ2) is 10.6. The van der Waals surface area contributed by atoms with Crippen LogP contribution in [0.1, 0.15) is 12.5 Å². The Hall–Kier alpha value is -3.06. The van der Waals surface area contributed by atoms with Crippen LogP contribution < -0.4 is 16.0 Å². The van der Waals surface area contributed by atoms with Crippen LogP contribution in [0.3, 0.4) is 0 Å². The molecule has 7 heteroatoms. The number of esters is 1. The Morgan fingerprint density at radius 1 is 1.03 bits per heavy atom. The van der Waals surface area contributed by atoms with E-state index in [1.54, 1.807) is 6.92 Å². The zero-order valence-corrected chi connectivity index (χ0v) is 18.0. The number of nitrogens with zero attached hydrogens (tertiary/aromatic N) is 2. The van der Waals surface area contributed by atoms with E-state index >= 15 is 0 Å². The van der Waals surface area contributed by atoms with Crippen molar-refractivity contribution in [3.05, 3.63) is 77.6 Å². The molecule has 1 saturated heterocycles. The number of hydrogen-bond acceptors (Lipinski definition) is 6. The highest BCUT2D eigenvalue weighted by Crippen LogP contribution is 2.18. The largest absolute Gasteiger partial charge is 0.462 e. The molecule has 0 atom stereocenters. The SMILES string of the molecule is CCOC(=O)/C(C(=S)NCc1ccccc1)=C(/N)N1CCN(c2ccccc2)CC1. The van der Waals surface area contributed by atoms with Crippen LogP contribution >= 0.6 is 12.2 Å². The first-order chi connectivity index (χ1) is 14.6. The molecule has 0 aliphatic carbocycles. The molecule has 3 rings (SSSR count). The molecule has 0 unspecified atom stereocenters. The highest BCUT2D eigenvalue weighted by molar-refractivity contribution is 7.80. The van der Waals surface area contributed by atoms with Gasteiger partial charge in [0.1, 0.15) is 16.4 Å². The van der Waals surface area contributed by atoms with E-state index in [-0.39, 0.29) is 12.2 Å². The molecule has 158 valence electrons. The summed E-state index contributed by atoms with van der Waals surface area (Å²) in [6.45, 7) is 5.56. The van der Waals surface area contributed by atoms with Gasteiger partial charge in [0, 0.05) is 38.4 Å². The zero-order valence-electron chi connectivity index (χ0n) is 17.2. The third-order valence-electron chi connectivity index (χ3n) is 5.00. The van der Waals surface area contributed by atoms with E-state index in [2.05, 4.69) is 22.3 Å². The first-order valence-electron chi connectivity index (χ1n) is 10.1. The Balaban J connectivity index is 1.71. The molecule has 2 aromatic rings. The van der Waals surface area contributed by atoms with Crippen molar-refractivity contribution in [2.75, 3.05) is 37.7 Å². The number of hydrogen-bond donors (Lipinski definition) is 2. The van der Waals surface area contributed by atoms with Crippen molar-refractivity contribution < 1.29 is 9.53 Å². The lowest BCUT2D eigenvalue weighted by Crippen LogP contribution is -2.48. The van der Waals surface area contributed by atoms with Gasteiger partial charge in [0.25, 0.3) is 0 Å². The summed E-state index contributed by atoms with van der Waals surface area (Å²) in [5.74, 6) is -0.127. The van der Waals surface area contributed by atoms with Crippen LogP contribution in [0.4, 0.5) is 5.69 Å². The minimum absolute atomic E-state index is 0.232. The van der Waals surface area contributed by atoms with Crippen molar-refractivity contribution in [3.8, 4) is 0 Å². The number of para-hydroxylation sites is 1. The molecule has 1 heterocycles. The maximum absolute atomic E-state index is 12.6. The van der Waals surface area contributed by atoms with Gasteiger partial charge in [-0.2, -0.15) is 0 Å². The molecular weight excluding hydrogens is 396 g/mol. The maximum atomic E-state index is 12.6. The number of rotatable bonds is 7. The van der Waals surface area contributed by atoms with Crippen molar-refractivity contribution in [2.45, 2.75) is 13.5 Å². The average molecular weight is 425 g/mol. The van der Waals surface area contributed by atoms with E-state index in [1.807, 2.05) is 53.4 Å². The number of carbonyl (C=O) groups excluding carboxylic acids is 1. The number of nitrogens with two attached hydrogens (primary N) is 1. The summed E-state index contributed by atoms with van der Waals surface area (Å²) in [7, 11) is 0. The maximum Gasteiger partial charge on any atom is 0.344 e. The fourth-order valence-electron chi connectivity index (χ4n) is 3.39. The summed E-state index contributed by atoms with van der Waals surface area (Å²) >= 11 is 5.52. The Morgan fingerprint density at radius 3 is 2.23 bits per heavy atom. The fraction of sp³-hybridized carbons (Fsp3) is 0.304. The lowest BCUT2D eigenvalue weighted by Gasteiger charge is -2.38. The van der Waals surface area contributed by atoms with Gasteiger partial charge in [0.05, 0.1) is 6.61 Å². The molecule has 30 heavy (non-hydrogen) atoms. The third-order valence-corrected chi connectivity index (χ3v) is 5.35. The molecule has 1 aliphatic heterocycles. The Kier molecular flexibility index (Phi) is 7.68. The van der Waals surface area contributed by atoms with Crippen LogP contribution in [0.25, 0.3) is 0 Å². The molecule has 0 spiro atoms. The van der Waals surface area contributed by atoms with Crippen LogP contribution in [0.2, 0.25) is 0 Å². The van der Waals surface area contributed by atoms with Crippen LogP contribution in [-0.4, -0.2) is 48.6 Å². The molecule has 0 saturated carbocycles. The lowest BCUT2D eigenvalue weighted by molar-refractivity contribution is -0.138. The summed E-state index contributed by atoms with van der Waals surface area (Å²) in [5, 5.41) is 3.15. The van der Waals surface area contributed by atoms with Gasteiger partial charge in [-0.25, -0.2) is 4.79 Å². The quantitative estimate of drug-likeness (QED) is 0.402. The normalized spacial score (nSPS) is 14.7. The average Bonchev–Trinajstić information content (AvgIpc) is 2.79. The molecule has 3 N–H and O–H groups in total. The summed E-state index contributed by atoms with van der Waals surface area (Å²) in [4.78, 5) is 17.3. The van der Waals surface area contributed by atoms with Gasteiger partial charge in [-0.3, -0.25) is 0 Å². The predicted octanol–water partition coefficient (Wildman–Crippen LogP) is 2.66. The number of carbonyl (C=O) groups is 1. The summed E-state index contributed by atoms with van der Waals surface area (Å²) < 4.78 is 5.24. The molecule has 0 aromatic heterocycles. The number of piperazine rings is 1. The van der Waals surface area contributed by atoms with Gasteiger partial charge in [0.15, 0.2) is 0 Å². The summed E-state index contributed by atoms with van der Waals surface area (Å²) in [6, 6.07) is 20.1. The van der Waals surface area contributed by atoms with E-state index in [1.165, 1.54) is 5.69 Å². The highest BCUT2D eigenvalue weighted by atomic mass is 32.1. The van der Waals surface area contributed by atoms with Gasteiger partial charge in [-0.1, -0.05) is 60.7 Å². The third kappa shape index (κ3) is 5.51. The van der Waals surface area contributed by atoms with E-state index in [9.17, 15) is 4.79 Å². The Labute approximate surface area is 183 Å². The molecule has 0 bridgehead atoms. The summed E-state index contributed by atoms with van der Waals surface area (Å²) in [6.07, 6.45) is 0. The highest BCUT2D eigenvalue weighted by Gasteiger charge is 2.26. The van der Waals surface area contributed by atoms with Crippen molar-refractivity contribution in [1.29, 1.82) is 0 Å². The number of anilines is 1. The monoisotopic (exact) mass is 424 g/mol. The standard InChI is InChI=1S/C23H28N4O2S/c1-2-29-23(28)20(22(30)25-17-18-9-5-3-6-10-18)21(24)27-15-13-26(14-16-27)19-11-7-4-8-12-19/h3-12H,2,13-17,24H2,1H3,(H,25,30)/b21-20-. The number of benzene rings is 2. The van der Waals surface area contributed by atoms with Gasteiger partial charge in [0.2, 0.25) is 0 Å². The first kappa shape index (κ1) is 21.6. The lowest BCUT2D eigenvalue weighted by atomic mass is 10.2. The Bertz CT molecular complexity index is 879. The minimum Gasteiger partial charge on any atom is -0.462 e. The second-order valence-electron chi connectivity index (χ2n) is 6.96. The molecule has 1 fully saturated rings. The van der Waals surface area contributed by atoms with Gasteiger partial charge < -0.3 is 25.6 Å². The predicted molar refractivity (Wildman–Crippen MR) is 124 cm³/mol. The molecule has 0 amide bonds. The van der Waals surface area contributed by atoms with Crippen molar-refractivity contribution in [3.63, 3.8) is 0 Å².